The van der Waals surface area contributed by atoms with E-state index >= 15 is 0 Å². The second-order valence-corrected chi connectivity index (χ2v) is 12.1. The van der Waals surface area contributed by atoms with E-state index in [0.717, 1.165) is 42.9 Å². The Morgan fingerprint density at radius 3 is 2.67 bits per heavy atom. The van der Waals surface area contributed by atoms with Gasteiger partial charge in [0.25, 0.3) is 10.1 Å². The van der Waals surface area contributed by atoms with Crippen molar-refractivity contribution in [2.24, 2.45) is 0 Å². The number of thioether (sulfide) groups is 1. The molecule has 1 N–H and O–H groups in total. The predicted octanol–water partition coefficient (Wildman–Crippen LogP) is 7.13. The van der Waals surface area contributed by atoms with Crippen LogP contribution < -0.4 is 9.47 Å². The van der Waals surface area contributed by atoms with Crippen molar-refractivity contribution < 1.29 is 21.9 Å². The summed E-state index contributed by atoms with van der Waals surface area (Å²) in [5, 5.41) is 4.07. The largest absolute Gasteiger partial charge is 0.334 e. The highest BCUT2D eigenvalue weighted by Crippen LogP contribution is 2.49. The molecule has 0 spiro atoms. The molecule has 0 fully saturated rings. The molecule has 5 rings (SSSR count). The molecule has 200 valence electrons. The third kappa shape index (κ3) is 5.93. The summed E-state index contributed by atoms with van der Waals surface area (Å²) in [4.78, 5) is 3.24. The molecule has 39 heavy (non-hydrogen) atoms. The summed E-state index contributed by atoms with van der Waals surface area (Å²) in [6, 6.07) is 19.5. The van der Waals surface area contributed by atoms with Gasteiger partial charge in [-0.2, -0.15) is 17.4 Å². The van der Waals surface area contributed by atoms with Gasteiger partial charge in [0.2, 0.25) is 5.52 Å². The number of aryl methyl sites for hydroxylation is 1. The van der Waals surface area contributed by atoms with Gasteiger partial charge in [0.05, 0.1) is 21.9 Å². The van der Waals surface area contributed by atoms with Crippen LogP contribution >= 0.6 is 11.8 Å². The van der Waals surface area contributed by atoms with E-state index in [1.54, 1.807) is 17.8 Å². The number of nitrogens with zero attached hydrogens (tertiary/aromatic N) is 2. The number of para-hydroxylation sites is 1. The van der Waals surface area contributed by atoms with E-state index in [2.05, 4.69) is 29.2 Å². The summed E-state index contributed by atoms with van der Waals surface area (Å²) in [6.45, 7) is 5.15. The molecule has 4 aromatic rings. The Labute approximate surface area is 232 Å². The number of rotatable bonds is 8. The lowest BCUT2D eigenvalue weighted by molar-refractivity contribution is -0.668. The van der Waals surface area contributed by atoms with Crippen molar-refractivity contribution in [3.63, 3.8) is 0 Å². The summed E-state index contributed by atoms with van der Waals surface area (Å²) in [5.74, 6) is -0.524. The van der Waals surface area contributed by atoms with Gasteiger partial charge in [-0.1, -0.05) is 72.0 Å². The Balaban J connectivity index is 1.45. The third-order valence-electron chi connectivity index (χ3n) is 6.77. The fourth-order valence-electron chi connectivity index (χ4n) is 4.89. The molecule has 5 nitrogen and oxygen atoms in total. The van der Waals surface area contributed by atoms with Gasteiger partial charge in [-0.05, 0) is 55.5 Å². The van der Waals surface area contributed by atoms with Crippen molar-refractivity contribution in [2.45, 2.75) is 31.7 Å². The van der Waals surface area contributed by atoms with Gasteiger partial charge < -0.3 is 4.90 Å². The van der Waals surface area contributed by atoms with Gasteiger partial charge in [0, 0.05) is 22.9 Å². The van der Waals surface area contributed by atoms with E-state index in [1.807, 2.05) is 73.2 Å². The number of halogens is 1. The Morgan fingerprint density at radius 1 is 1.08 bits per heavy atom. The number of benzene rings is 3. The van der Waals surface area contributed by atoms with Crippen LogP contribution in [-0.2, 0) is 16.7 Å². The van der Waals surface area contributed by atoms with Gasteiger partial charge in [0.1, 0.15) is 6.54 Å². The molecule has 0 saturated heterocycles. The van der Waals surface area contributed by atoms with Gasteiger partial charge in [-0.25, -0.2) is 0 Å². The molecular weight excluding hydrogens is 531 g/mol. The molecule has 3 aromatic carbocycles. The smallest absolute Gasteiger partial charge is 0.264 e. The zero-order chi connectivity index (χ0) is 27.6. The molecule has 8 heteroatoms. The monoisotopic (exact) mass is 561 g/mol. The number of hydrogen-bond donors (Lipinski definition) is 1. The Bertz CT molecular complexity index is 1760. The predicted molar refractivity (Wildman–Crippen MR) is 159 cm³/mol. The highest BCUT2D eigenvalue weighted by Gasteiger charge is 2.27. The van der Waals surface area contributed by atoms with Crippen LogP contribution in [0.2, 0.25) is 0 Å². The Kier molecular flexibility index (Phi) is 7.88. The van der Waals surface area contributed by atoms with Crippen LogP contribution in [-0.4, -0.2) is 25.3 Å². The fraction of sp³-hybridized carbons (Fsp3) is 0.194. The average Bonchev–Trinajstić information content (AvgIpc) is 3.28. The fourth-order valence-corrected chi connectivity index (χ4v) is 6.49. The first kappa shape index (κ1) is 27.1. The highest BCUT2D eigenvalue weighted by molar-refractivity contribution is 8.03. The van der Waals surface area contributed by atoms with Gasteiger partial charge in [-0.3, -0.25) is 4.55 Å². The number of pyridine rings is 1. The molecule has 0 unspecified atom stereocenters. The standard InChI is InChI=1S/C31H29FN2O3S2/c1-3-33-20-18-24(25-10-6-11-27(32)30(25)33)14-12-22(2)13-17-29-34(19-7-21-39(35,36)37)31-26-9-5-4-8-23(26)15-16-28(31)38-29/h4-6,8-18,20H,3,7,19,21H2,1-2H3/p+1. The number of allylic oxidation sites excluding steroid dienone is 4. The van der Waals surface area contributed by atoms with Crippen LogP contribution in [0.3, 0.4) is 0 Å². The topological polar surface area (TPSA) is 61.5 Å². The average molecular weight is 562 g/mol. The van der Waals surface area contributed by atoms with Crippen LogP contribution in [0.25, 0.3) is 27.8 Å². The second kappa shape index (κ2) is 11.3. The Morgan fingerprint density at radius 2 is 1.87 bits per heavy atom. The van der Waals surface area contributed by atoms with E-state index in [9.17, 15) is 17.4 Å². The van der Waals surface area contributed by atoms with Crippen LogP contribution in [0.4, 0.5) is 10.1 Å². The first-order chi connectivity index (χ1) is 18.7. The minimum atomic E-state index is -4.03. The minimum Gasteiger partial charge on any atom is -0.334 e. The van der Waals surface area contributed by atoms with E-state index < -0.39 is 10.1 Å². The number of hydrogen-bond acceptors (Lipinski definition) is 4. The number of fused-ring (bicyclic) bond motifs is 4. The van der Waals surface area contributed by atoms with Crippen molar-refractivity contribution in [3.8, 4) is 0 Å². The van der Waals surface area contributed by atoms with Crippen molar-refractivity contribution in [2.75, 3.05) is 17.2 Å². The number of aromatic nitrogens is 1. The minimum absolute atomic E-state index is 0.235. The molecule has 0 aliphatic carbocycles. The van der Waals surface area contributed by atoms with Crippen molar-refractivity contribution in [3.05, 3.63) is 107 Å². The van der Waals surface area contributed by atoms with Crippen molar-refractivity contribution in [1.29, 1.82) is 0 Å². The molecule has 0 saturated carbocycles. The van der Waals surface area contributed by atoms with E-state index in [-0.39, 0.29) is 11.6 Å². The Hall–Kier alpha value is -3.46. The van der Waals surface area contributed by atoms with Crippen molar-refractivity contribution in [1.82, 2.24) is 0 Å². The maximum atomic E-state index is 14.6. The molecular formula is C31H30FN2O3S2+. The second-order valence-electron chi connectivity index (χ2n) is 9.47. The first-order valence-corrected chi connectivity index (χ1v) is 15.3. The first-order valence-electron chi connectivity index (χ1n) is 12.8. The zero-order valence-electron chi connectivity index (χ0n) is 21.8. The summed E-state index contributed by atoms with van der Waals surface area (Å²) >= 11 is 1.64. The molecule has 0 bridgehead atoms. The summed E-state index contributed by atoms with van der Waals surface area (Å²) in [7, 11) is -4.03. The summed E-state index contributed by atoms with van der Waals surface area (Å²) < 4.78 is 48.5. The zero-order valence-corrected chi connectivity index (χ0v) is 23.5. The van der Waals surface area contributed by atoms with Crippen LogP contribution in [0, 0.1) is 5.82 Å². The van der Waals surface area contributed by atoms with Crippen LogP contribution in [0.15, 0.2) is 101 Å². The van der Waals surface area contributed by atoms with Crippen molar-refractivity contribution >= 4 is 55.3 Å². The highest BCUT2D eigenvalue weighted by atomic mass is 32.2. The molecule has 1 aliphatic heterocycles. The summed E-state index contributed by atoms with van der Waals surface area (Å²) in [6.07, 6.45) is 10.3. The lowest BCUT2D eigenvalue weighted by Gasteiger charge is -2.21. The molecule has 0 radical (unpaired) electrons. The maximum absolute atomic E-state index is 14.6. The molecule has 1 aliphatic rings. The summed E-state index contributed by atoms with van der Waals surface area (Å²) in [5.41, 5.74) is 3.61. The normalized spacial score (nSPS) is 15.2. The van der Waals surface area contributed by atoms with Gasteiger partial charge in [-0.15, -0.1) is 0 Å². The van der Waals surface area contributed by atoms with Gasteiger partial charge in [0.15, 0.2) is 12.0 Å². The number of anilines is 1. The quantitative estimate of drug-likeness (QED) is 0.141. The van der Waals surface area contributed by atoms with E-state index in [0.29, 0.717) is 25.0 Å². The van der Waals surface area contributed by atoms with E-state index in [4.69, 9.17) is 0 Å². The van der Waals surface area contributed by atoms with Crippen LogP contribution in [0.1, 0.15) is 25.8 Å². The lowest BCUT2D eigenvalue weighted by atomic mass is 10.1. The van der Waals surface area contributed by atoms with Crippen LogP contribution in [0.5, 0.6) is 0 Å². The molecule has 1 aromatic heterocycles. The lowest BCUT2D eigenvalue weighted by Crippen LogP contribution is -2.33. The SMILES string of the molecule is CC[n+]1ccc(\C=C/C(C)=C\C=C2/Sc3ccc4ccccc4c3N2CCCS(=O)(=O)O)c2cccc(F)c21. The van der Waals surface area contributed by atoms with Gasteiger partial charge >= 0.3 is 0 Å². The van der Waals surface area contributed by atoms with E-state index in [1.165, 1.54) is 6.07 Å². The third-order valence-corrected chi connectivity index (χ3v) is 8.69. The maximum Gasteiger partial charge on any atom is 0.264 e. The molecule has 0 atom stereocenters. The molecule has 2 heterocycles. The molecule has 0 amide bonds.